The molecule has 1 amide bonds. The number of rotatable bonds is 5. The number of amides is 1. The van der Waals surface area contributed by atoms with E-state index in [-0.39, 0.29) is 11.9 Å². The molecule has 0 aliphatic carbocycles. The van der Waals surface area contributed by atoms with Crippen molar-refractivity contribution in [2.75, 3.05) is 6.54 Å². The van der Waals surface area contributed by atoms with Gasteiger partial charge in [0.15, 0.2) is 0 Å². The predicted octanol–water partition coefficient (Wildman–Crippen LogP) is 1.27. The summed E-state index contributed by atoms with van der Waals surface area (Å²) in [5.41, 5.74) is 4.70. The average Bonchev–Trinajstić information content (AvgIpc) is 3.16. The molecule has 0 aromatic carbocycles. The molecule has 1 N–H and O–H groups in total. The summed E-state index contributed by atoms with van der Waals surface area (Å²) in [6.45, 7) is 8.92. The lowest BCUT2D eigenvalue weighted by atomic mass is 10.3. The lowest BCUT2D eigenvalue weighted by Gasteiger charge is -2.13. The van der Waals surface area contributed by atoms with Crippen LogP contribution in [-0.2, 0) is 18.4 Å². The Hall–Kier alpha value is -2.64. The first-order valence-electron chi connectivity index (χ1n) is 8.04. The fraction of sp³-hybridized carbons (Fsp3) is 0.500. The van der Waals surface area contributed by atoms with Gasteiger partial charge in [-0.15, -0.1) is 0 Å². The van der Waals surface area contributed by atoms with Crippen LogP contribution in [0.4, 0.5) is 0 Å². The van der Waals surface area contributed by atoms with Crippen molar-refractivity contribution < 1.29 is 4.79 Å². The molecule has 8 heteroatoms. The summed E-state index contributed by atoms with van der Waals surface area (Å²) in [5.74, 6) is -0.0602. The molecule has 0 unspecified atom stereocenters. The second-order valence-corrected chi connectivity index (χ2v) is 6.17. The number of hydrogen-bond acceptors (Lipinski definition) is 4. The zero-order valence-corrected chi connectivity index (χ0v) is 14.7. The van der Waals surface area contributed by atoms with Gasteiger partial charge in [0, 0.05) is 19.3 Å². The molecule has 3 aromatic rings. The van der Waals surface area contributed by atoms with Crippen molar-refractivity contribution in [3.8, 4) is 0 Å². The number of fused-ring (bicyclic) bond motifs is 1. The van der Waals surface area contributed by atoms with Crippen molar-refractivity contribution in [3.63, 3.8) is 0 Å². The second-order valence-electron chi connectivity index (χ2n) is 6.17. The SMILES string of the molecule is Cc1cc(C)n(CCNC(=O)[C@@H](C)n2cc3c(n2)c(C)nn3C)n1. The molecule has 3 rings (SSSR count). The van der Waals surface area contributed by atoms with E-state index in [1.54, 1.807) is 9.36 Å². The van der Waals surface area contributed by atoms with E-state index in [2.05, 4.69) is 20.6 Å². The molecule has 0 fully saturated rings. The largest absolute Gasteiger partial charge is 0.352 e. The molecule has 0 saturated heterocycles. The van der Waals surface area contributed by atoms with E-state index < -0.39 is 0 Å². The van der Waals surface area contributed by atoms with Gasteiger partial charge in [0.1, 0.15) is 17.1 Å². The van der Waals surface area contributed by atoms with E-state index in [9.17, 15) is 4.79 Å². The molecule has 3 heterocycles. The van der Waals surface area contributed by atoms with Gasteiger partial charge in [-0.1, -0.05) is 0 Å². The molecular weight excluding hydrogens is 306 g/mol. The van der Waals surface area contributed by atoms with Gasteiger partial charge < -0.3 is 5.32 Å². The molecular formula is C16H23N7O. The molecule has 1 atom stereocenters. The van der Waals surface area contributed by atoms with Crippen LogP contribution in [0.2, 0.25) is 0 Å². The van der Waals surface area contributed by atoms with Crippen LogP contribution in [0, 0.1) is 20.8 Å². The van der Waals surface area contributed by atoms with E-state index in [0.29, 0.717) is 13.1 Å². The van der Waals surface area contributed by atoms with Gasteiger partial charge in [-0.25, -0.2) is 0 Å². The number of carbonyl (C=O) groups excluding carboxylic acids is 1. The van der Waals surface area contributed by atoms with Gasteiger partial charge in [-0.2, -0.15) is 15.3 Å². The van der Waals surface area contributed by atoms with Crippen molar-refractivity contribution in [2.45, 2.75) is 40.3 Å². The third-order valence-electron chi connectivity index (χ3n) is 4.21. The van der Waals surface area contributed by atoms with E-state index in [0.717, 1.165) is 28.1 Å². The van der Waals surface area contributed by atoms with Crippen LogP contribution in [0.15, 0.2) is 12.3 Å². The second kappa shape index (κ2) is 6.10. The number of nitrogens with one attached hydrogen (secondary N) is 1. The fourth-order valence-electron chi connectivity index (χ4n) is 2.86. The van der Waals surface area contributed by atoms with Crippen LogP contribution in [0.1, 0.15) is 30.0 Å². The van der Waals surface area contributed by atoms with Crippen molar-refractivity contribution in [1.29, 1.82) is 0 Å². The summed E-state index contributed by atoms with van der Waals surface area (Å²) in [6.07, 6.45) is 1.86. The molecule has 8 nitrogen and oxygen atoms in total. The van der Waals surface area contributed by atoms with Crippen molar-refractivity contribution in [1.82, 2.24) is 34.7 Å². The zero-order chi connectivity index (χ0) is 17.4. The lowest BCUT2D eigenvalue weighted by molar-refractivity contribution is -0.124. The Kier molecular flexibility index (Phi) is 4.13. The van der Waals surface area contributed by atoms with Crippen LogP contribution >= 0.6 is 0 Å². The highest BCUT2D eigenvalue weighted by atomic mass is 16.2. The minimum atomic E-state index is -0.378. The molecule has 0 saturated carbocycles. The maximum atomic E-state index is 12.4. The summed E-state index contributed by atoms with van der Waals surface area (Å²) < 4.78 is 5.37. The highest BCUT2D eigenvalue weighted by Crippen LogP contribution is 2.17. The highest BCUT2D eigenvalue weighted by Gasteiger charge is 2.18. The quantitative estimate of drug-likeness (QED) is 0.764. The fourth-order valence-corrected chi connectivity index (χ4v) is 2.86. The first kappa shape index (κ1) is 16.2. The topological polar surface area (TPSA) is 82.6 Å². The minimum Gasteiger partial charge on any atom is -0.352 e. The number of hydrogen-bond donors (Lipinski definition) is 1. The summed E-state index contributed by atoms with van der Waals surface area (Å²) in [7, 11) is 1.88. The van der Waals surface area contributed by atoms with Gasteiger partial charge in [0.2, 0.25) is 5.91 Å². The van der Waals surface area contributed by atoms with Gasteiger partial charge in [-0.05, 0) is 33.8 Å². The van der Waals surface area contributed by atoms with E-state index in [1.165, 1.54) is 0 Å². The average molecular weight is 329 g/mol. The van der Waals surface area contributed by atoms with Gasteiger partial charge in [0.25, 0.3) is 0 Å². The van der Waals surface area contributed by atoms with Gasteiger partial charge >= 0.3 is 0 Å². The molecule has 0 aliphatic heterocycles. The number of aromatic nitrogens is 6. The smallest absolute Gasteiger partial charge is 0.244 e. The standard InChI is InChI=1S/C16H23N7O/c1-10-8-11(2)22(18-10)7-6-17-16(24)13(4)23-9-14-15(20-23)12(3)19-21(14)5/h8-9,13H,6-7H2,1-5H3,(H,17,24)/t13-/m1/s1. The monoisotopic (exact) mass is 329 g/mol. The normalized spacial score (nSPS) is 12.7. The molecule has 3 aromatic heterocycles. The first-order chi connectivity index (χ1) is 11.4. The molecule has 0 spiro atoms. The van der Waals surface area contributed by atoms with Crippen molar-refractivity contribution in [2.24, 2.45) is 7.05 Å². The summed E-state index contributed by atoms with van der Waals surface area (Å²) >= 11 is 0. The predicted molar refractivity (Wildman–Crippen MR) is 90.7 cm³/mol. The Balaban J connectivity index is 1.63. The first-order valence-corrected chi connectivity index (χ1v) is 8.04. The minimum absolute atomic E-state index is 0.0602. The Bertz CT molecular complexity index is 851. The van der Waals surface area contributed by atoms with Crippen LogP contribution < -0.4 is 5.32 Å². The highest BCUT2D eigenvalue weighted by molar-refractivity contribution is 5.81. The van der Waals surface area contributed by atoms with Crippen molar-refractivity contribution >= 4 is 16.9 Å². The van der Waals surface area contributed by atoms with Crippen LogP contribution in [0.25, 0.3) is 11.0 Å². The van der Waals surface area contributed by atoms with Crippen LogP contribution in [0.3, 0.4) is 0 Å². The van der Waals surface area contributed by atoms with Crippen LogP contribution in [0.5, 0.6) is 0 Å². The summed E-state index contributed by atoms with van der Waals surface area (Å²) in [5, 5.41) is 16.2. The third-order valence-corrected chi connectivity index (χ3v) is 4.21. The molecule has 24 heavy (non-hydrogen) atoms. The number of nitrogens with zero attached hydrogens (tertiary/aromatic N) is 6. The van der Waals surface area contributed by atoms with E-state index >= 15 is 0 Å². The molecule has 0 radical (unpaired) electrons. The number of aryl methyl sites for hydroxylation is 4. The van der Waals surface area contributed by atoms with E-state index in [4.69, 9.17) is 0 Å². The Morgan fingerprint density at radius 3 is 2.62 bits per heavy atom. The molecule has 128 valence electrons. The zero-order valence-electron chi connectivity index (χ0n) is 14.7. The van der Waals surface area contributed by atoms with Gasteiger partial charge in [-0.3, -0.25) is 18.8 Å². The third kappa shape index (κ3) is 2.91. The maximum Gasteiger partial charge on any atom is 0.244 e. The maximum absolute atomic E-state index is 12.4. The van der Waals surface area contributed by atoms with E-state index in [1.807, 2.05) is 51.7 Å². The Morgan fingerprint density at radius 2 is 2.00 bits per heavy atom. The van der Waals surface area contributed by atoms with Gasteiger partial charge in [0.05, 0.1) is 24.1 Å². The van der Waals surface area contributed by atoms with Crippen molar-refractivity contribution in [3.05, 3.63) is 29.3 Å². The Morgan fingerprint density at radius 1 is 1.25 bits per heavy atom. The summed E-state index contributed by atoms with van der Waals surface area (Å²) in [6, 6.07) is 1.65. The molecule has 0 bridgehead atoms. The molecule has 0 aliphatic rings. The lowest BCUT2D eigenvalue weighted by Crippen LogP contribution is -2.33. The number of carbonyl (C=O) groups is 1. The van der Waals surface area contributed by atoms with Crippen LogP contribution in [-0.4, -0.2) is 41.8 Å². The Labute approximate surface area is 140 Å². The summed E-state index contributed by atoms with van der Waals surface area (Å²) in [4.78, 5) is 12.4.